The summed E-state index contributed by atoms with van der Waals surface area (Å²) in [7, 11) is 0. The normalized spacial score (nSPS) is 11.4. The van der Waals surface area contributed by atoms with Crippen LogP contribution in [0.25, 0.3) is 0 Å². The van der Waals surface area contributed by atoms with Crippen molar-refractivity contribution in [3.8, 4) is 5.75 Å². The number of pyridine rings is 1. The van der Waals surface area contributed by atoms with E-state index in [1.807, 2.05) is 0 Å². The van der Waals surface area contributed by atoms with Gasteiger partial charge in [0.15, 0.2) is 5.75 Å². The highest BCUT2D eigenvalue weighted by Gasteiger charge is 2.34. The summed E-state index contributed by atoms with van der Waals surface area (Å²) in [5, 5.41) is 8.96. The Hall–Kier alpha value is -0.580. The summed E-state index contributed by atoms with van der Waals surface area (Å²) in [5.74, 6) is -2.32. The van der Waals surface area contributed by atoms with E-state index < -0.39 is 23.6 Å². The second-order valence-corrected chi connectivity index (χ2v) is 4.34. The van der Waals surface area contributed by atoms with Crippen molar-refractivity contribution in [2.45, 2.75) is 11.7 Å². The molecular formula is C8H4BrF3INO3. The van der Waals surface area contributed by atoms with Crippen molar-refractivity contribution in [3.05, 3.63) is 21.0 Å². The average Bonchev–Trinajstić information content (AvgIpc) is 2.17. The lowest BCUT2D eigenvalue weighted by atomic mass is 10.1. The maximum atomic E-state index is 12.1. The van der Waals surface area contributed by atoms with Crippen LogP contribution >= 0.6 is 38.5 Å². The second-order valence-electron chi connectivity index (χ2n) is 2.75. The molecule has 0 aliphatic rings. The van der Waals surface area contributed by atoms with Gasteiger partial charge in [-0.25, -0.2) is 9.78 Å². The third kappa shape index (κ3) is 3.69. The summed E-state index contributed by atoms with van der Waals surface area (Å²) in [6.07, 6.45) is -4.22. The van der Waals surface area contributed by atoms with Crippen LogP contribution in [0.1, 0.15) is 15.9 Å². The number of hydrogen-bond acceptors (Lipinski definition) is 3. The fourth-order valence-electron chi connectivity index (χ4n) is 1.07. The van der Waals surface area contributed by atoms with Crippen molar-refractivity contribution in [1.29, 1.82) is 0 Å². The molecule has 0 aliphatic carbocycles. The first kappa shape index (κ1) is 14.5. The standard InChI is InChI=1S/C8H4BrF3INO3/c9-1-3-5(7(15)16)4(2-14-6(3)13)17-8(10,11)12/h2H,1H2,(H,15,16). The molecule has 9 heteroatoms. The number of aromatic nitrogens is 1. The van der Waals surface area contributed by atoms with Gasteiger partial charge in [0.25, 0.3) is 0 Å². The summed E-state index contributed by atoms with van der Waals surface area (Å²) in [6.45, 7) is 0. The highest BCUT2D eigenvalue weighted by atomic mass is 127. The number of carbonyl (C=O) groups is 1. The van der Waals surface area contributed by atoms with Crippen LogP contribution in [0.15, 0.2) is 6.20 Å². The summed E-state index contributed by atoms with van der Waals surface area (Å²) in [4.78, 5) is 14.6. The smallest absolute Gasteiger partial charge is 0.478 e. The van der Waals surface area contributed by atoms with Crippen molar-refractivity contribution < 1.29 is 27.8 Å². The molecule has 4 nitrogen and oxygen atoms in total. The number of halogens is 5. The zero-order valence-corrected chi connectivity index (χ0v) is 11.6. The summed E-state index contributed by atoms with van der Waals surface area (Å²) < 4.78 is 40.1. The minimum absolute atomic E-state index is 0.0644. The number of carboxylic acids is 1. The minimum atomic E-state index is -4.96. The van der Waals surface area contributed by atoms with Crippen molar-refractivity contribution in [1.82, 2.24) is 4.98 Å². The Morgan fingerprint density at radius 1 is 1.59 bits per heavy atom. The highest BCUT2D eigenvalue weighted by molar-refractivity contribution is 14.1. The van der Waals surface area contributed by atoms with Crippen LogP contribution in [0, 0.1) is 3.70 Å². The van der Waals surface area contributed by atoms with Gasteiger partial charge in [0, 0.05) is 10.9 Å². The third-order valence-corrected chi connectivity index (χ3v) is 3.16. The predicted molar refractivity (Wildman–Crippen MR) is 63.2 cm³/mol. The van der Waals surface area contributed by atoms with Crippen molar-refractivity contribution in [3.63, 3.8) is 0 Å². The zero-order valence-electron chi connectivity index (χ0n) is 7.89. The fraction of sp³-hybridized carbons (Fsp3) is 0.250. The van der Waals surface area contributed by atoms with Gasteiger partial charge < -0.3 is 9.84 Å². The van der Waals surface area contributed by atoms with Crippen molar-refractivity contribution in [2.24, 2.45) is 0 Å². The van der Waals surface area contributed by atoms with Gasteiger partial charge in [-0.05, 0) is 22.6 Å². The molecular weight excluding hydrogens is 422 g/mol. The van der Waals surface area contributed by atoms with Crippen LogP contribution in [0.4, 0.5) is 13.2 Å². The Balaban J connectivity index is 3.36. The van der Waals surface area contributed by atoms with E-state index in [1.165, 1.54) is 0 Å². The fourth-order valence-corrected chi connectivity index (χ4v) is 2.74. The van der Waals surface area contributed by atoms with E-state index in [-0.39, 0.29) is 10.9 Å². The van der Waals surface area contributed by atoms with Crippen molar-refractivity contribution in [2.75, 3.05) is 0 Å². The molecule has 1 aromatic heterocycles. The molecule has 17 heavy (non-hydrogen) atoms. The number of nitrogens with zero attached hydrogens (tertiary/aromatic N) is 1. The highest BCUT2D eigenvalue weighted by Crippen LogP contribution is 2.30. The Labute approximate surface area is 115 Å². The first-order valence-corrected chi connectivity index (χ1v) is 6.18. The molecule has 1 aromatic rings. The Kier molecular flexibility index (Phi) is 4.58. The lowest BCUT2D eigenvalue weighted by molar-refractivity contribution is -0.274. The van der Waals surface area contributed by atoms with Gasteiger partial charge in [0.2, 0.25) is 0 Å². The van der Waals surface area contributed by atoms with E-state index >= 15 is 0 Å². The van der Waals surface area contributed by atoms with Gasteiger partial charge in [-0.3, -0.25) is 0 Å². The third-order valence-electron chi connectivity index (χ3n) is 1.67. The van der Waals surface area contributed by atoms with Crippen LogP contribution in [0.3, 0.4) is 0 Å². The van der Waals surface area contributed by atoms with Crippen LogP contribution < -0.4 is 4.74 Å². The zero-order chi connectivity index (χ0) is 13.2. The average molecular weight is 426 g/mol. The van der Waals surface area contributed by atoms with E-state index in [0.717, 1.165) is 6.20 Å². The molecule has 1 heterocycles. The molecule has 1 rings (SSSR count). The monoisotopic (exact) mass is 425 g/mol. The molecule has 0 spiro atoms. The van der Waals surface area contributed by atoms with Gasteiger partial charge in [0.1, 0.15) is 9.26 Å². The Morgan fingerprint density at radius 3 is 2.59 bits per heavy atom. The SMILES string of the molecule is O=C(O)c1c(OC(F)(F)F)cnc(I)c1CBr. The summed E-state index contributed by atoms with van der Waals surface area (Å²) in [6, 6.07) is 0. The summed E-state index contributed by atoms with van der Waals surface area (Å²) in [5.41, 5.74) is -0.404. The number of aromatic carboxylic acids is 1. The van der Waals surface area contributed by atoms with E-state index in [0.29, 0.717) is 3.70 Å². The van der Waals surface area contributed by atoms with Gasteiger partial charge >= 0.3 is 12.3 Å². The number of carboxylic acid groups (broad SMARTS) is 1. The van der Waals surface area contributed by atoms with Crippen molar-refractivity contribution >= 4 is 44.5 Å². The molecule has 0 fully saturated rings. The minimum Gasteiger partial charge on any atom is -0.478 e. The van der Waals surface area contributed by atoms with Gasteiger partial charge in [-0.2, -0.15) is 0 Å². The van der Waals surface area contributed by atoms with Crippen LogP contribution in [0.2, 0.25) is 0 Å². The Morgan fingerprint density at radius 2 is 2.18 bits per heavy atom. The van der Waals surface area contributed by atoms with E-state index in [4.69, 9.17) is 5.11 Å². The molecule has 0 bridgehead atoms. The number of ether oxygens (including phenoxy) is 1. The quantitative estimate of drug-likeness (QED) is 0.459. The molecule has 0 atom stereocenters. The van der Waals surface area contributed by atoms with Crippen LogP contribution in [-0.4, -0.2) is 22.4 Å². The maximum absolute atomic E-state index is 12.1. The lowest BCUT2D eigenvalue weighted by Gasteiger charge is -2.13. The topological polar surface area (TPSA) is 59.4 Å². The molecule has 0 aromatic carbocycles. The van der Waals surface area contributed by atoms with E-state index in [1.54, 1.807) is 22.6 Å². The van der Waals surface area contributed by atoms with Crippen LogP contribution in [-0.2, 0) is 5.33 Å². The molecule has 0 saturated carbocycles. The van der Waals surface area contributed by atoms with Gasteiger partial charge in [-0.15, -0.1) is 13.2 Å². The maximum Gasteiger partial charge on any atom is 0.573 e. The molecule has 94 valence electrons. The lowest BCUT2D eigenvalue weighted by Crippen LogP contribution is -2.20. The molecule has 0 unspecified atom stereocenters. The molecule has 0 aliphatic heterocycles. The molecule has 0 saturated heterocycles. The first-order chi connectivity index (χ1) is 7.76. The number of alkyl halides is 4. The van der Waals surface area contributed by atoms with E-state index in [9.17, 15) is 18.0 Å². The molecule has 0 radical (unpaired) electrons. The second kappa shape index (κ2) is 5.38. The predicted octanol–water partition coefficient (Wildman–Crippen LogP) is 3.18. The van der Waals surface area contributed by atoms with E-state index in [2.05, 4.69) is 25.7 Å². The van der Waals surface area contributed by atoms with Gasteiger partial charge in [0.05, 0.1) is 6.20 Å². The summed E-state index contributed by atoms with van der Waals surface area (Å²) >= 11 is 4.73. The van der Waals surface area contributed by atoms with Crippen LogP contribution in [0.5, 0.6) is 5.75 Å². The number of rotatable bonds is 3. The number of hydrogen-bond donors (Lipinski definition) is 1. The first-order valence-electron chi connectivity index (χ1n) is 3.98. The van der Waals surface area contributed by atoms with Gasteiger partial charge in [-0.1, -0.05) is 15.9 Å². The molecule has 1 N–H and O–H groups in total. The largest absolute Gasteiger partial charge is 0.573 e. The Bertz CT molecular complexity index is 452. The molecule has 0 amide bonds.